The third-order valence-corrected chi connectivity index (χ3v) is 3.97. The summed E-state index contributed by atoms with van der Waals surface area (Å²) >= 11 is 0. The van der Waals surface area contributed by atoms with Gasteiger partial charge in [-0.15, -0.1) is 0 Å². The molecule has 0 bridgehead atoms. The molecule has 24 heavy (non-hydrogen) atoms. The van der Waals surface area contributed by atoms with Crippen molar-refractivity contribution in [2.75, 3.05) is 17.7 Å². The van der Waals surface area contributed by atoms with E-state index in [1.807, 2.05) is 48.6 Å². The molecule has 1 unspecified atom stereocenters. The molecule has 1 aliphatic heterocycles. The molecule has 0 amide bonds. The van der Waals surface area contributed by atoms with Crippen molar-refractivity contribution in [3.8, 4) is 0 Å². The molecule has 1 saturated heterocycles. The Hall–Kier alpha value is -2.66. The van der Waals surface area contributed by atoms with Gasteiger partial charge in [-0.05, 0) is 55.7 Å². The Morgan fingerprint density at radius 3 is 2.96 bits per heavy atom. The summed E-state index contributed by atoms with van der Waals surface area (Å²) in [5.41, 5.74) is 9.95. The minimum Gasteiger partial charge on any atom is -0.399 e. The first-order valence-electron chi connectivity index (χ1n) is 8.22. The highest BCUT2D eigenvalue weighted by Gasteiger charge is 2.17. The number of nitrogens with one attached hydrogen (secondary N) is 1. The van der Waals surface area contributed by atoms with Gasteiger partial charge < -0.3 is 15.8 Å². The maximum absolute atomic E-state index is 6.28. The van der Waals surface area contributed by atoms with Gasteiger partial charge in [-0.25, -0.2) is 0 Å². The van der Waals surface area contributed by atoms with E-state index >= 15 is 0 Å². The molecule has 5 heteroatoms. The Bertz CT molecular complexity index is 721. The molecule has 1 aromatic carbocycles. The zero-order valence-corrected chi connectivity index (χ0v) is 13.6. The van der Waals surface area contributed by atoms with E-state index < -0.39 is 0 Å². The lowest BCUT2D eigenvalue weighted by Gasteiger charge is -2.25. The number of ether oxygens (including phenoxy) is 1. The molecule has 0 radical (unpaired) electrons. The van der Waals surface area contributed by atoms with Gasteiger partial charge in [0.25, 0.3) is 0 Å². The summed E-state index contributed by atoms with van der Waals surface area (Å²) < 4.78 is 5.76. The summed E-state index contributed by atoms with van der Waals surface area (Å²) in [4.78, 5) is 4.26. The largest absolute Gasteiger partial charge is 0.399 e. The Balaban J connectivity index is 1.78. The average molecular weight is 323 g/mol. The maximum atomic E-state index is 6.28. The van der Waals surface area contributed by atoms with Crippen molar-refractivity contribution < 1.29 is 10.1 Å². The van der Waals surface area contributed by atoms with E-state index in [0.717, 1.165) is 42.8 Å². The zero-order valence-electron chi connectivity index (χ0n) is 13.6. The van der Waals surface area contributed by atoms with Crippen LogP contribution in [0.4, 0.5) is 11.4 Å². The van der Waals surface area contributed by atoms with Crippen LogP contribution >= 0.6 is 0 Å². The van der Waals surface area contributed by atoms with E-state index in [4.69, 9.17) is 15.9 Å². The van der Waals surface area contributed by atoms with Crippen LogP contribution in [0.3, 0.4) is 0 Å². The molecule has 0 saturated carbocycles. The van der Waals surface area contributed by atoms with E-state index in [2.05, 4.69) is 10.3 Å². The molecule has 2 aromatic rings. The Morgan fingerprint density at radius 2 is 2.21 bits per heavy atom. The van der Waals surface area contributed by atoms with E-state index in [9.17, 15) is 0 Å². The van der Waals surface area contributed by atoms with Gasteiger partial charge in [-0.2, -0.15) is 0 Å². The highest BCUT2D eigenvalue weighted by Crippen LogP contribution is 2.23. The summed E-state index contributed by atoms with van der Waals surface area (Å²) in [6.07, 6.45) is 8.78. The molecule has 3 rings (SSSR count). The number of allylic oxidation sites excluding steroid dienone is 1. The number of anilines is 2. The third kappa shape index (κ3) is 4.20. The van der Waals surface area contributed by atoms with Crippen LogP contribution in [0, 0.1) is 0 Å². The van der Waals surface area contributed by atoms with Gasteiger partial charge in [0.2, 0.25) is 5.71 Å². The molecular weight excluding hydrogens is 300 g/mol. The highest BCUT2D eigenvalue weighted by atomic mass is 16.5. The number of aromatic nitrogens is 1. The fourth-order valence-electron chi connectivity index (χ4n) is 2.70. The van der Waals surface area contributed by atoms with Crippen LogP contribution in [0.2, 0.25) is 0 Å². The average Bonchev–Trinajstić information content (AvgIpc) is 2.62. The first kappa shape index (κ1) is 16.2. The van der Waals surface area contributed by atoms with Crippen molar-refractivity contribution in [3.63, 3.8) is 0 Å². The predicted molar refractivity (Wildman–Crippen MR) is 97.4 cm³/mol. The second kappa shape index (κ2) is 7.75. The monoisotopic (exact) mass is 323 g/mol. The number of nitrogens with zero attached hydrogens (tertiary/aromatic N) is 1. The molecular formula is C19H23N4O+. The minimum absolute atomic E-state index is 0.00636. The van der Waals surface area contributed by atoms with Crippen molar-refractivity contribution in [1.29, 1.82) is 0 Å². The third-order valence-electron chi connectivity index (χ3n) is 3.97. The first-order chi connectivity index (χ1) is 11.7. The summed E-state index contributed by atoms with van der Waals surface area (Å²) in [6, 6.07) is 11.4. The lowest BCUT2D eigenvalue weighted by molar-refractivity contribution is -0.110. The number of hydrogen-bond acceptors (Lipinski definition) is 4. The minimum atomic E-state index is 0.00636. The number of rotatable bonds is 5. The molecule has 2 heterocycles. The number of nitrogens with two attached hydrogens (primary N) is 2. The molecule has 1 aromatic heterocycles. The van der Waals surface area contributed by atoms with Crippen molar-refractivity contribution >= 4 is 23.2 Å². The molecule has 0 spiro atoms. The van der Waals surface area contributed by atoms with E-state index in [-0.39, 0.29) is 6.23 Å². The number of hydrogen-bond donors (Lipinski definition) is 3. The van der Waals surface area contributed by atoms with Crippen LogP contribution in [0.15, 0.2) is 48.7 Å². The van der Waals surface area contributed by atoms with E-state index in [0.29, 0.717) is 11.4 Å². The topological polar surface area (TPSA) is 85.8 Å². The van der Waals surface area contributed by atoms with E-state index in [1.165, 1.54) is 0 Å². The van der Waals surface area contributed by atoms with Gasteiger partial charge >= 0.3 is 0 Å². The van der Waals surface area contributed by atoms with Gasteiger partial charge in [0.1, 0.15) is 6.23 Å². The van der Waals surface area contributed by atoms with Crippen molar-refractivity contribution in [1.82, 2.24) is 4.98 Å². The van der Waals surface area contributed by atoms with Gasteiger partial charge in [-0.1, -0.05) is 6.07 Å². The number of nitrogen functional groups attached to an aromatic ring is 1. The quantitative estimate of drug-likeness (QED) is 0.579. The smallest absolute Gasteiger partial charge is 0.206 e. The predicted octanol–water partition coefficient (Wildman–Crippen LogP) is 1.86. The normalized spacial score (nSPS) is 17.8. The maximum Gasteiger partial charge on any atom is 0.206 e. The molecule has 1 aliphatic rings. The molecule has 1 fully saturated rings. The van der Waals surface area contributed by atoms with Crippen LogP contribution in [-0.2, 0) is 4.74 Å². The lowest BCUT2D eigenvalue weighted by Crippen LogP contribution is -2.39. The Kier molecular flexibility index (Phi) is 5.23. The zero-order chi connectivity index (χ0) is 16.8. The number of pyridine rings is 1. The van der Waals surface area contributed by atoms with Gasteiger partial charge in [0.05, 0.1) is 16.9 Å². The molecule has 124 valence electrons. The van der Waals surface area contributed by atoms with Crippen LogP contribution in [0.5, 0.6) is 0 Å². The van der Waals surface area contributed by atoms with Crippen LogP contribution in [0.25, 0.3) is 6.08 Å². The van der Waals surface area contributed by atoms with Crippen molar-refractivity contribution in [2.45, 2.75) is 25.5 Å². The SMILES string of the molecule is Nc1ccc(C(=[NH2+])/C=C/c2ccccn2)c(NC2CCCCO2)c1. The second-order valence-corrected chi connectivity index (χ2v) is 5.85. The Labute approximate surface area is 142 Å². The fourth-order valence-corrected chi connectivity index (χ4v) is 2.70. The molecule has 5 nitrogen and oxygen atoms in total. The second-order valence-electron chi connectivity index (χ2n) is 5.85. The summed E-state index contributed by atoms with van der Waals surface area (Å²) in [7, 11) is 0. The van der Waals surface area contributed by atoms with Gasteiger partial charge in [0, 0.05) is 24.6 Å². The first-order valence-corrected chi connectivity index (χ1v) is 8.22. The fraction of sp³-hybridized carbons (Fsp3) is 0.263. The summed E-state index contributed by atoms with van der Waals surface area (Å²) in [6.45, 7) is 0.786. The molecule has 1 atom stereocenters. The van der Waals surface area contributed by atoms with Gasteiger partial charge in [-0.3, -0.25) is 10.4 Å². The summed E-state index contributed by atoms with van der Waals surface area (Å²) in [5.74, 6) is 0. The van der Waals surface area contributed by atoms with Crippen molar-refractivity contribution in [3.05, 3.63) is 59.9 Å². The summed E-state index contributed by atoms with van der Waals surface area (Å²) in [5, 5.41) is 9.70. The van der Waals surface area contributed by atoms with Crippen LogP contribution < -0.4 is 16.5 Å². The molecule has 0 aliphatic carbocycles. The number of benzene rings is 1. The van der Waals surface area contributed by atoms with Crippen LogP contribution in [0.1, 0.15) is 30.5 Å². The van der Waals surface area contributed by atoms with Gasteiger partial charge in [0.15, 0.2) is 0 Å². The van der Waals surface area contributed by atoms with E-state index in [1.54, 1.807) is 6.20 Å². The highest BCUT2D eigenvalue weighted by molar-refractivity contribution is 6.10. The van der Waals surface area contributed by atoms with Crippen molar-refractivity contribution in [2.24, 2.45) is 0 Å². The lowest BCUT2D eigenvalue weighted by atomic mass is 10.1. The Morgan fingerprint density at radius 1 is 1.29 bits per heavy atom. The van der Waals surface area contributed by atoms with Crippen LogP contribution in [-0.4, -0.2) is 23.5 Å². The standard InChI is InChI=1S/C19H22N4O/c20-14-7-9-16(17(21)10-8-15-5-1-3-11-22-15)18(13-14)23-19-6-2-4-12-24-19/h1,3,5,7-11,13,19,21,23H,2,4,6,12,20H2/p+1/b10-8+,21-17?. The molecule has 5 N–H and O–H groups in total.